The largest absolute Gasteiger partial charge is 0.329 e. The summed E-state index contributed by atoms with van der Waals surface area (Å²) >= 11 is 1.74. The summed E-state index contributed by atoms with van der Waals surface area (Å²) in [6.07, 6.45) is 1.00. The minimum Gasteiger partial charge on any atom is -0.329 e. The Hall–Kier alpha value is -2.11. The quantitative estimate of drug-likeness (QED) is 0.776. The number of amides is 2. The number of carbonyl (C=O) groups excluding carboxylic acids is 1. The molecular weight excluding hydrogens is 366 g/mol. The van der Waals surface area contributed by atoms with Gasteiger partial charge in [-0.3, -0.25) is 4.90 Å². The van der Waals surface area contributed by atoms with Crippen molar-refractivity contribution < 1.29 is 4.79 Å². The van der Waals surface area contributed by atoms with Crippen molar-refractivity contribution in [1.29, 1.82) is 0 Å². The number of hydrogen-bond donors (Lipinski definition) is 1. The molecule has 0 aliphatic carbocycles. The fourth-order valence-electron chi connectivity index (χ4n) is 3.56. The van der Waals surface area contributed by atoms with Gasteiger partial charge >= 0.3 is 6.03 Å². The number of nitrogens with zero attached hydrogens (tertiary/aromatic N) is 2. The van der Waals surface area contributed by atoms with Crippen molar-refractivity contribution in [3.8, 4) is 0 Å². The predicted octanol–water partition coefficient (Wildman–Crippen LogP) is 4.93. The third kappa shape index (κ3) is 5.24. The minimum absolute atomic E-state index is 0.0168. The van der Waals surface area contributed by atoms with Crippen LogP contribution >= 0.6 is 11.3 Å². The van der Waals surface area contributed by atoms with Crippen LogP contribution in [0.2, 0.25) is 0 Å². The van der Waals surface area contributed by atoms with Crippen LogP contribution in [0.4, 0.5) is 4.79 Å². The molecule has 1 aliphatic heterocycles. The van der Waals surface area contributed by atoms with Gasteiger partial charge < -0.3 is 10.2 Å². The maximum atomic E-state index is 13.0. The van der Waals surface area contributed by atoms with Crippen LogP contribution in [0, 0.1) is 0 Å². The third-order valence-electron chi connectivity index (χ3n) is 5.36. The highest BCUT2D eigenvalue weighted by Crippen LogP contribution is 2.24. The summed E-state index contributed by atoms with van der Waals surface area (Å²) in [6, 6.07) is 10.5. The lowest BCUT2D eigenvalue weighted by atomic mass is 9.92. The van der Waals surface area contributed by atoms with E-state index in [1.54, 1.807) is 11.3 Å². The first kappa shape index (κ1) is 20.6. The van der Waals surface area contributed by atoms with Crippen molar-refractivity contribution in [3.63, 3.8) is 0 Å². The van der Waals surface area contributed by atoms with Crippen molar-refractivity contribution in [2.45, 2.75) is 39.3 Å². The van der Waals surface area contributed by atoms with Gasteiger partial charge in [0.1, 0.15) is 0 Å². The summed E-state index contributed by atoms with van der Waals surface area (Å²) < 4.78 is 0. The highest BCUT2D eigenvalue weighted by atomic mass is 32.1. The van der Waals surface area contributed by atoms with Gasteiger partial charge in [-0.2, -0.15) is 11.3 Å². The maximum absolute atomic E-state index is 13.0. The zero-order chi connectivity index (χ0) is 20.1. The molecule has 2 heterocycles. The summed E-state index contributed by atoms with van der Waals surface area (Å²) in [7, 11) is 0. The van der Waals surface area contributed by atoms with Crippen molar-refractivity contribution in [1.82, 2.24) is 15.1 Å². The van der Waals surface area contributed by atoms with Crippen molar-refractivity contribution in [3.05, 3.63) is 64.4 Å². The van der Waals surface area contributed by atoms with E-state index in [0.717, 1.165) is 55.8 Å². The Morgan fingerprint density at radius 2 is 2.04 bits per heavy atom. The molecule has 4 nitrogen and oxygen atoms in total. The lowest BCUT2D eigenvalue weighted by molar-refractivity contribution is 0.187. The Balaban J connectivity index is 1.60. The number of benzene rings is 1. The first-order valence-electron chi connectivity index (χ1n) is 9.92. The number of allylic oxidation sites excluding steroid dienone is 1. The molecule has 1 fully saturated rings. The monoisotopic (exact) mass is 397 g/mol. The zero-order valence-electron chi connectivity index (χ0n) is 17.2. The summed E-state index contributed by atoms with van der Waals surface area (Å²) in [4.78, 5) is 17.4. The van der Waals surface area contributed by atoms with Gasteiger partial charge in [0.05, 0.1) is 5.54 Å². The second kappa shape index (κ2) is 8.93. The highest BCUT2D eigenvalue weighted by Gasteiger charge is 2.27. The van der Waals surface area contributed by atoms with Crippen LogP contribution in [0.1, 0.15) is 43.9 Å². The van der Waals surface area contributed by atoms with Gasteiger partial charge in [0.15, 0.2) is 0 Å². The third-order valence-corrected chi connectivity index (χ3v) is 6.09. The zero-order valence-corrected chi connectivity index (χ0v) is 18.0. The van der Waals surface area contributed by atoms with Gasteiger partial charge in [0.2, 0.25) is 0 Å². The van der Waals surface area contributed by atoms with Gasteiger partial charge in [-0.1, -0.05) is 30.4 Å². The molecule has 2 aromatic rings. The van der Waals surface area contributed by atoms with E-state index < -0.39 is 5.54 Å². The molecule has 28 heavy (non-hydrogen) atoms. The average Bonchev–Trinajstić information content (AvgIpc) is 3.05. The van der Waals surface area contributed by atoms with E-state index in [1.165, 1.54) is 5.56 Å². The molecule has 0 bridgehead atoms. The molecule has 1 aromatic heterocycles. The lowest BCUT2D eigenvalue weighted by Gasteiger charge is -2.31. The number of carbonyl (C=O) groups is 1. The highest BCUT2D eigenvalue weighted by molar-refractivity contribution is 7.07. The molecule has 1 saturated heterocycles. The van der Waals surface area contributed by atoms with Gasteiger partial charge in [-0.25, -0.2) is 4.79 Å². The molecule has 150 valence electrons. The van der Waals surface area contributed by atoms with E-state index >= 15 is 0 Å². The summed E-state index contributed by atoms with van der Waals surface area (Å²) in [5.41, 5.74) is 4.16. The number of nitrogens with one attached hydrogen (secondary N) is 1. The standard InChI is InChI=1S/C23H31N3OS/c1-18(2)20-7-5-8-21(15-20)23(3,4)24-22(27)26-11-6-10-25(12-13-26)16-19-9-14-28-17-19/h5,7-9,14-15,17H,1,6,10-13,16H2,2-4H3,(H,24,27). The van der Waals surface area contributed by atoms with E-state index in [1.807, 2.05) is 17.9 Å². The molecule has 2 amide bonds. The molecule has 1 N–H and O–H groups in total. The molecule has 5 heteroatoms. The van der Waals surface area contributed by atoms with Crippen LogP contribution in [-0.4, -0.2) is 42.0 Å². The lowest BCUT2D eigenvalue weighted by Crippen LogP contribution is -2.49. The van der Waals surface area contributed by atoms with Gasteiger partial charge in [0.25, 0.3) is 0 Å². The number of thiophene rings is 1. The first-order valence-corrected chi connectivity index (χ1v) is 10.9. The fourth-order valence-corrected chi connectivity index (χ4v) is 4.22. The normalized spacial score (nSPS) is 15.9. The van der Waals surface area contributed by atoms with Crippen LogP contribution < -0.4 is 5.32 Å². The van der Waals surface area contributed by atoms with E-state index in [-0.39, 0.29) is 6.03 Å². The second-order valence-corrected chi connectivity index (χ2v) is 8.94. The van der Waals surface area contributed by atoms with Crippen LogP contribution in [-0.2, 0) is 12.1 Å². The molecule has 0 unspecified atom stereocenters. The molecule has 0 radical (unpaired) electrons. The summed E-state index contributed by atoms with van der Waals surface area (Å²) in [5.74, 6) is 0. The average molecular weight is 398 g/mol. The van der Waals surface area contributed by atoms with Gasteiger partial charge in [-0.15, -0.1) is 0 Å². The molecule has 1 aliphatic rings. The molecular formula is C23H31N3OS. The Morgan fingerprint density at radius 3 is 2.75 bits per heavy atom. The maximum Gasteiger partial charge on any atom is 0.318 e. The van der Waals surface area contributed by atoms with Crippen LogP contribution in [0.3, 0.4) is 0 Å². The SMILES string of the molecule is C=C(C)c1cccc(C(C)(C)NC(=O)N2CCCN(Cc3ccsc3)CC2)c1. The number of urea groups is 1. The van der Waals surface area contributed by atoms with Crippen molar-refractivity contribution >= 4 is 22.9 Å². The van der Waals surface area contributed by atoms with E-state index in [0.29, 0.717) is 0 Å². The molecule has 1 aromatic carbocycles. The molecule has 3 rings (SSSR count). The Morgan fingerprint density at radius 1 is 1.21 bits per heavy atom. The fraction of sp³-hybridized carbons (Fsp3) is 0.435. The molecule has 0 spiro atoms. The topological polar surface area (TPSA) is 35.6 Å². The minimum atomic E-state index is -0.439. The van der Waals surface area contributed by atoms with Gasteiger partial charge in [-0.05, 0) is 66.8 Å². The van der Waals surface area contributed by atoms with Crippen LogP contribution in [0.25, 0.3) is 5.57 Å². The molecule has 0 saturated carbocycles. The van der Waals surface area contributed by atoms with E-state index in [9.17, 15) is 4.79 Å². The van der Waals surface area contributed by atoms with Crippen LogP contribution in [0.15, 0.2) is 47.7 Å². The van der Waals surface area contributed by atoms with E-state index in [2.05, 4.69) is 65.7 Å². The Bertz CT molecular complexity index is 813. The second-order valence-electron chi connectivity index (χ2n) is 8.16. The summed E-state index contributed by atoms with van der Waals surface area (Å²) in [6.45, 7) is 14.6. The Kier molecular flexibility index (Phi) is 6.57. The van der Waals surface area contributed by atoms with E-state index in [4.69, 9.17) is 0 Å². The van der Waals surface area contributed by atoms with Gasteiger partial charge in [0, 0.05) is 32.7 Å². The number of hydrogen-bond acceptors (Lipinski definition) is 3. The smallest absolute Gasteiger partial charge is 0.318 e. The molecule has 0 atom stereocenters. The van der Waals surface area contributed by atoms with Crippen molar-refractivity contribution in [2.75, 3.05) is 26.2 Å². The summed E-state index contributed by atoms with van der Waals surface area (Å²) in [5, 5.41) is 7.57. The predicted molar refractivity (Wildman–Crippen MR) is 118 cm³/mol. The first-order chi connectivity index (χ1) is 13.3. The van der Waals surface area contributed by atoms with Crippen LogP contribution in [0.5, 0.6) is 0 Å². The Labute approximate surface area is 172 Å². The van der Waals surface area contributed by atoms with Crippen molar-refractivity contribution in [2.24, 2.45) is 0 Å². The number of rotatable bonds is 5.